The highest BCUT2D eigenvalue weighted by atomic mass is 16.2. The molecule has 3 aromatic rings. The van der Waals surface area contributed by atoms with Gasteiger partial charge in [0.15, 0.2) is 5.78 Å². The van der Waals surface area contributed by atoms with Crippen LogP contribution in [0.5, 0.6) is 0 Å². The van der Waals surface area contributed by atoms with Crippen molar-refractivity contribution < 1.29 is 9.59 Å². The Morgan fingerprint density at radius 3 is 2.36 bits per heavy atom. The van der Waals surface area contributed by atoms with E-state index in [2.05, 4.69) is 16.4 Å². The number of nitrogens with one attached hydrogen (secondary N) is 2. The summed E-state index contributed by atoms with van der Waals surface area (Å²) in [6, 6.07) is 15.2. The summed E-state index contributed by atoms with van der Waals surface area (Å²) in [6.45, 7) is 3.57. The number of aryl methyl sites for hydroxylation is 1. The van der Waals surface area contributed by atoms with Gasteiger partial charge in [-0.25, -0.2) is 0 Å². The van der Waals surface area contributed by atoms with Crippen LogP contribution in [0.1, 0.15) is 41.4 Å². The maximum Gasteiger partial charge on any atom is 0.235 e. The Balaban J connectivity index is 1.65. The molecule has 4 heteroatoms. The Hall–Kier alpha value is -2.88. The van der Waals surface area contributed by atoms with Crippen LogP contribution in [-0.2, 0) is 10.2 Å². The molecule has 0 spiro atoms. The van der Waals surface area contributed by atoms with E-state index in [1.807, 2.05) is 25.1 Å². The first-order valence-electron chi connectivity index (χ1n) is 8.51. The third-order valence-corrected chi connectivity index (χ3v) is 5.11. The fourth-order valence-corrected chi connectivity index (χ4v) is 3.65. The number of Topliss-reactive ketones (excluding diaryl/α,β-unsaturated/α-hetero) is 1. The smallest absolute Gasteiger partial charge is 0.235 e. The number of para-hydroxylation sites is 1. The van der Waals surface area contributed by atoms with E-state index in [0.29, 0.717) is 5.56 Å². The second-order valence-electron chi connectivity index (χ2n) is 6.84. The van der Waals surface area contributed by atoms with Gasteiger partial charge in [-0.2, -0.15) is 0 Å². The molecule has 2 aromatic carbocycles. The number of aromatic nitrogens is 1. The highest BCUT2D eigenvalue weighted by Crippen LogP contribution is 2.52. The quantitative estimate of drug-likeness (QED) is 0.698. The van der Waals surface area contributed by atoms with E-state index in [1.54, 1.807) is 24.3 Å². The van der Waals surface area contributed by atoms with Gasteiger partial charge in [-0.3, -0.25) is 9.59 Å². The van der Waals surface area contributed by atoms with Crippen LogP contribution >= 0.6 is 0 Å². The molecule has 0 unspecified atom stereocenters. The van der Waals surface area contributed by atoms with E-state index in [1.165, 1.54) is 6.92 Å². The number of carbonyl (C=O) groups excluding carboxylic acids is 2. The van der Waals surface area contributed by atoms with E-state index in [-0.39, 0.29) is 11.7 Å². The van der Waals surface area contributed by atoms with Crippen LogP contribution in [0.25, 0.3) is 10.9 Å². The predicted octanol–water partition coefficient (Wildman–Crippen LogP) is 4.35. The van der Waals surface area contributed by atoms with Gasteiger partial charge in [0.25, 0.3) is 0 Å². The normalized spacial score (nSPS) is 15.1. The maximum atomic E-state index is 13.0. The zero-order valence-electron chi connectivity index (χ0n) is 14.3. The Morgan fingerprint density at radius 2 is 1.72 bits per heavy atom. The molecule has 0 saturated heterocycles. The topological polar surface area (TPSA) is 62.0 Å². The van der Waals surface area contributed by atoms with Gasteiger partial charge in [0.05, 0.1) is 5.41 Å². The highest BCUT2D eigenvalue weighted by molar-refractivity contribution is 6.05. The molecule has 0 atom stereocenters. The van der Waals surface area contributed by atoms with E-state index < -0.39 is 5.41 Å². The Labute approximate surface area is 146 Å². The molecular weight excluding hydrogens is 312 g/mol. The number of hydrogen-bond acceptors (Lipinski definition) is 2. The van der Waals surface area contributed by atoms with Crippen molar-refractivity contribution >= 4 is 28.3 Å². The fraction of sp³-hybridized carbons (Fsp3) is 0.238. The first kappa shape index (κ1) is 15.6. The molecule has 2 N–H and O–H groups in total. The minimum atomic E-state index is -0.455. The lowest BCUT2D eigenvalue weighted by atomic mass is 9.92. The van der Waals surface area contributed by atoms with Crippen LogP contribution in [0.4, 0.5) is 5.69 Å². The Morgan fingerprint density at radius 1 is 1.04 bits per heavy atom. The predicted molar refractivity (Wildman–Crippen MR) is 99.0 cm³/mol. The molecule has 1 aromatic heterocycles. The maximum absolute atomic E-state index is 13.0. The molecule has 1 saturated carbocycles. The van der Waals surface area contributed by atoms with Crippen LogP contribution in [0, 0.1) is 6.92 Å². The average molecular weight is 332 g/mol. The van der Waals surface area contributed by atoms with E-state index in [4.69, 9.17) is 0 Å². The van der Waals surface area contributed by atoms with Gasteiger partial charge >= 0.3 is 0 Å². The molecule has 25 heavy (non-hydrogen) atoms. The molecule has 1 amide bonds. The summed E-state index contributed by atoms with van der Waals surface area (Å²) in [5.41, 5.74) is 4.15. The Bertz CT molecular complexity index is 979. The number of anilines is 1. The van der Waals surface area contributed by atoms with Crippen molar-refractivity contribution in [2.75, 3.05) is 5.32 Å². The molecule has 1 fully saturated rings. The minimum absolute atomic E-state index is 0.0194. The van der Waals surface area contributed by atoms with Crippen LogP contribution in [0.15, 0.2) is 48.5 Å². The molecule has 1 aliphatic rings. The number of hydrogen-bond donors (Lipinski definition) is 2. The summed E-state index contributed by atoms with van der Waals surface area (Å²) < 4.78 is 0. The van der Waals surface area contributed by atoms with Crippen molar-refractivity contribution in [2.24, 2.45) is 0 Å². The molecule has 4 nitrogen and oxygen atoms in total. The summed E-state index contributed by atoms with van der Waals surface area (Å²) in [7, 11) is 0. The number of ketones is 1. The lowest BCUT2D eigenvalue weighted by Gasteiger charge is -2.16. The van der Waals surface area contributed by atoms with Gasteiger partial charge in [-0.1, -0.05) is 18.2 Å². The lowest BCUT2D eigenvalue weighted by Crippen LogP contribution is -2.28. The van der Waals surface area contributed by atoms with Crippen LogP contribution in [-0.4, -0.2) is 16.7 Å². The SMILES string of the molecule is CC(=O)c1ccc(NC(=O)C2(c3c(C)[nH]c4ccccc34)CC2)cc1. The third-order valence-electron chi connectivity index (χ3n) is 5.11. The number of H-pyrrole nitrogens is 1. The van der Waals surface area contributed by atoms with Crippen LogP contribution < -0.4 is 5.32 Å². The number of aromatic amines is 1. The summed E-state index contributed by atoms with van der Waals surface area (Å²) >= 11 is 0. The molecule has 126 valence electrons. The standard InChI is InChI=1S/C21H20N2O2/c1-13-19(17-5-3-4-6-18(17)22-13)21(11-12-21)20(25)23-16-9-7-15(8-10-16)14(2)24/h3-10,22H,11-12H2,1-2H3,(H,23,25). The second kappa shape index (κ2) is 5.59. The molecule has 1 aliphatic carbocycles. The highest BCUT2D eigenvalue weighted by Gasteiger charge is 2.53. The van der Waals surface area contributed by atoms with Crippen LogP contribution in [0.3, 0.4) is 0 Å². The van der Waals surface area contributed by atoms with Crippen molar-refractivity contribution in [3.05, 3.63) is 65.4 Å². The molecular formula is C21H20N2O2. The van der Waals surface area contributed by atoms with E-state index >= 15 is 0 Å². The average Bonchev–Trinajstić information content (AvgIpc) is 3.32. The van der Waals surface area contributed by atoms with Crippen molar-refractivity contribution in [3.63, 3.8) is 0 Å². The molecule has 0 aliphatic heterocycles. The molecule has 0 bridgehead atoms. The molecule has 1 heterocycles. The minimum Gasteiger partial charge on any atom is -0.358 e. The van der Waals surface area contributed by atoms with Gasteiger partial charge in [-0.05, 0) is 62.6 Å². The first-order valence-corrected chi connectivity index (χ1v) is 8.51. The fourth-order valence-electron chi connectivity index (χ4n) is 3.65. The number of fused-ring (bicyclic) bond motifs is 1. The number of amides is 1. The van der Waals surface area contributed by atoms with Crippen LogP contribution in [0.2, 0.25) is 0 Å². The van der Waals surface area contributed by atoms with Gasteiger partial charge in [0.2, 0.25) is 5.91 Å². The molecule has 0 radical (unpaired) electrons. The van der Waals surface area contributed by atoms with Crippen molar-refractivity contribution in [1.82, 2.24) is 4.98 Å². The van der Waals surface area contributed by atoms with Crippen molar-refractivity contribution in [3.8, 4) is 0 Å². The van der Waals surface area contributed by atoms with Crippen molar-refractivity contribution in [2.45, 2.75) is 32.1 Å². The van der Waals surface area contributed by atoms with E-state index in [9.17, 15) is 9.59 Å². The summed E-state index contributed by atoms with van der Waals surface area (Å²) in [5, 5.41) is 4.15. The second-order valence-corrected chi connectivity index (χ2v) is 6.84. The number of benzene rings is 2. The van der Waals surface area contributed by atoms with Gasteiger partial charge in [0.1, 0.15) is 0 Å². The van der Waals surface area contributed by atoms with E-state index in [0.717, 1.165) is 40.7 Å². The third kappa shape index (κ3) is 2.54. The first-order chi connectivity index (χ1) is 12.0. The van der Waals surface area contributed by atoms with Crippen molar-refractivity contribution in [1.29, 1.82) is 0 Å². The largest absolute Gasteiger partial charge is 0.358 e. The van der Waals surface area contributed by atoms with Gasteiger partial charge in [-0.15, -0.1) is 0 Å². The Kier molecular flexibility index (Phi) is 3.49. The van der Waals surface area contributed by atoms with Gasteiger partial charge in [0, 0.05) is 27.8 Å². The number of carbonyl (C=O) groups is 2. The summed E-state index contributed by atoms with van der Waals surface area (Å²) in [4.78, 5) is 27.8. The summed E-state index contributed by atoms with van der Waals surface area (Å²) in [6.07, 6.45) is 1.71. The monoisotopic (exact) mass is 332 g/mol. The zero-order chi connectivity index (χ0) is 17.6. The zero-order valence-corrected chi connectivity index (χ0v) is 14.3. The van der Waals surface area contributed by atoms with Gasteiger partial charge < -0.3 is 10.3 Å². The number of rotatable bonds is 4. The molecule has 4 rings (SSSR count). The lowest BCUT2D eigenvalue weighted by molar-refractivity contribution is -0.118. The summed E-state index contributed by atoms with van der Waals surface area (Å²) in [5.74, 6) is 0.0434.